The summed E-state index contributed by atoms with van der Waals surface area (Å²) in [4.78, 5) is 41.2. The van der Waals surface area contributed by atoms with Crippen LogP contribution in [0.3, 0.4) is 0 Å². The van der Waals surface area contributed by atoms with Gasteiger partial charge in [0.15, 0.2) is 6.10 Å². The van der Waals surface area contributed by atoms with Crippen LogP contribution in [0.2, 0.25) is 0 Å². The van der Waals surface area contributed by atoms with E-state index >= 15 is 0 Å². The molecule has 4 N–H and O–H groups in total. The van der Waals surface area contributed by atoms with E-state index in [4.69, 9.17) is 0 Å². The Bertz CT molecular complexity index is 1170. The first-order chi connectivity index (χ1) is 17.5. The van der Waals surface area contributed by atoms with E-state index in [0.29, 0.717) is 11.1 Å². The molecule has 37 heavy (non-hydrogen) atoms. The highest BCUT2D eigenvalue weighted by Gasteiger charge is 2.49. The maximum absolute atomic E-state index is 13.6. The smallest absolute Gasteiger partial charge is 0.254 e. The van der Waals surface area contributed by atoms with Gasteiger partial charge in [0.1, 0.15) is 11.8 Å². The fourth-order valence-corrected chi connectivity index (χ4v) is 5.60. The summed E-state index contributed by atoms with van der Waals surface area (Å²) in [5, 5.41) is 27.2. The molecule has 1 heterocycles. The molecule has 9 heteroatoms. The minimum Gasteiger partial charge on any atom is -0.507 e. The first kappa shape index (κ1) is 28.3. The van der Waals surface area contributed by atoms with Gasteiger partial charge in [-0.2, -0.15) is 0 Å². The van der Waals surface area contributed by atoms with Crippen molar-refractivity contribution < 1.29 is 24.6 Å². The van der Waals surface area contributed by atoms with E-state index in [1.165, 1.54) is 16.7 Å². The number of nitrogens with zero attached hydrogens (tertiary/aromatic N) is 1. The van der Waals surface area contributed by atoms with E-state index in [1.807, 2.05) is 44.2 Å². The van der Waals surface area contributed by atoms with Gasteiger partial charge in [-0.3, -0.25) is 14.4 Å². The van der Waals surface area contributed by atoms with E-state index < -0.39 is 34.7 Å². The lowest BCUT2D eigenvalue weighted by atomic mass is 9.96. The summed E-state index contributed by atoms with van der Waals surface area (Å²) in [5.74, 6) is -1.23. The Balaban J connectivity index is 1.89. The molecule has 0 aliphatic carbocycles. The SMILES string of the molecule is C=CCNC(=O)C1N(C(=O)C(O)C(Cc2ccccc2)NC(=O)c2ccc(C)c(O)c2C)CSC1(C)C. The molecule has 0 bridgehead atoms. The van der Waals surface area contributed by atoms with Gasteiger partial charge in [0.25, 0.3) is 11.8 Å². The van der Waals surface area contributed by atoms with Gasteiger partial charge in [-0.25, -0.2) is 0 Å². The minimum absolute atomic E-state index is 0.0218. The lowest BCUT2D eigenvalue weighted by Crippen LogP contribution is -2.58. The highest BCUT2D eigenvalue weighted by molar-refractivity contribution is 8.00. The lowest BCUT2D eigenvalue weighted by molar-refractivity contribution is -0.147. The van der Waals surface area contributed by atoms with E-state index in [9.17, 15) is 24.6 Å². The van der Waals surface area contributed by atoms with Crippen molar-refractivity contribution in [2.24, 2.45) is 0 Å². The van der Waals surface area contributed by atoms with Crippen LogP contribution in [-0.4, -0.2) is 68.2 Å². The molecule has 8 nitrogen and oxygen atoms in total. The van der Waals surface area contributed by atoms with Gasteiger partial charge in [-0.1, -0.05) is 42.5 Å². The summed E-state index contributed by atoms with van der Waals surface area (Å²) in [6.45, 7) is 11.0. The van der Waals surface area contributed by atoms with Gasteiger partial charge >= 0.3 is 0 Å². The van der Waals surface area contributed by atoms with Crippen LogP contribution in [0.25, 0.3) is 0 Å². The predicted octanol–water partition coefficient (Wildman–Crippen LogP) is 2.69. The van der Waals surface area contributed by atoms with Crippen molar-refractivity contribution in [1.29, 1.82) is 0 Å². The van der Waals surface area contributed by atoms with E-state index in [2.05, 4.69) is 17.2 Å². The van der Waals surface area contributed by atoms with Crippen LogP contribution >= 0.6 is 11.8 Å². The Kier molecular flexibility index (Phi) is 9.04. The molecule has 2 aromatic rings. The van der Waals surface area contributed by atoms with Crippen molar-refractivity contribution in [3.8, 4) is 5.75 Å². The molecule has 3 unspecified atom stereocenters. The fourth-order valence-electron chi connectivity index (χ4n) is 4.46. The molecule has 0 spiro atoms. The normalized spacial score (nSPS) is 18.1. The number of hydrogen-bond acceptors (Lipinski definition) is 6. The largest absolute Gasteiger partial charge is 0.507 e. The number of aromatic hydroxyl groups is 1. The second-order valence-corrected chi connectivity index (χ2v) is 11.3. The zero-order valence-electron chi connectivity index (χ0n) is 21.7. The molecule has 1 fully saturated rings. The summed E-state index contributed by atoms with van der Waals surface area (Å²) in [5.41, 5.74) is 2.12. The Hall–Kier alpha value is -3.30. The van der Waals surface area contributed by atoms with Gasteiger partial charge in [0.2, 0.25) is 5.91 Å². The van der Waals surface area contributed by atoms with Crippen LogP contribution in [0.15, 0.2) is 55.1 Å². The predicted molar refractivity (Wildman–Crippen MR) is 145 cm³/mol. The van der Waals surface area contributed by atoms with E-state index in [1.54, 1.807) is 32.1 Å². The third-order valence-corrected chi connectivity index (χ3v) is 8.00. The standard InChI is InChI=1S/C28H35N3O5S/c1-6-14-29-26(35)24-28(4,5)37-16-31(24)27(36)23(33)21(15-19-10-8-7-9-11-19)30-25(34)20-13-12-17(2)22(32)18(20)3/h6-13,21,23-24,32-33H,1,14-16H2,2-5H3,(H,29,35)(H,30,34). The number of benzene rings is 2. The van der Waals surface area contributed by atoms with Crippen molar-refractivity contribution in [1.82, 2.24) is 15.5 Å². The number of amides is 3. The second kappa shape index (κ2) is 11.8. The van der Waals surface area contributed by atoms with Crippen molar-refractivity contribution in [3.05, 3.63) is 77.4 Å². The van der Waals surface area contributed by atoms with Crippen LogP contribution in [0.4, 0.5) is 0 Å². The number of rotatable bonds is 9. The summed E-state index contributed by atoms with van der Waals surface area (Å²) in [6, 6.07) is 10.7. The molecular formula is C28H35N3O5S. The number of carbonyl (C=O) groups is 3. The second-order valence-electron chi connectivity index (χ2n) is 9.74. The van der Waals surface area contributed by atoms with Crippen LogP contribution in [-0.2, 0) is 16.0 Å². The highest BCUT2D eigenvalue weighted by atomic mass is 32.2. The minimum atomic E-state index is -1.60. The molecule has 0 saturated carbocycles. The van der Waals surface area contributed by atoms with Crippen molar-refractivity contribution in [2.75, 3.05) is 12.4 Å². The number of phenolic OH excluding ortho intramolecular Hbond substituents is 1. The molecule has 3 atom stereocenters. The quantitative estimate of drug-likeness (QED) is 0.374. The van der Waals surface area contributed by atoms with Gasteiger partial charge in [-0.05, 0) is 51.3 Å². The van der Waals surface area contributed by atoms with Crippen molar-refractivity contribution >= 4 is 29.5 Å². The highest BCUT2D eigenvalue weighted by Crippen LogP contribution is 2.39. The number of thioether (sulfide) groups is 1. The maximum atomic E-state index is 13.6. The lowest BCUT2D eigenvalue weighted by Gasteiger charge is -2.33. The number of hydrogen-bond donors (Lipinski definition) is 4. The monoisotopic (exact) mass is 525 g/mol. The molecule has 2 aromatic carbocycles. The van der Waals surface area contributed by atoms with Crippen molar-refractivity contribution in [3.63, 3.8) is 0 Å². The Morgan fingerprint density at radius 3 is 2.51 bits per heavy atom. The van der Waals surface area contributed by atoms with Crippen LogP contribution in [0, 0.1) is 13.8 Å². The van der Waals surface area contributed by atoms with Gasteiger partial charge < -0.3 is 25.7 Å². The van der Waals surface area contributed by atoms with E-state index in [0.717, 1.165) is 5.56 Å². The third-order valence-electron chi connectivity index (χ3n) is 6.62. The molecule has 0 aromatic heterocycles. The molecular weight excluding hydrogens is 490 g/mol. The zero-order valence-corrected chi connectivity index (χ0v) is 22.5. The number of aliphatic hydroxyl groups is 1. The van der Waals surface area contributed by atoms with E-state index in [-0.39, 0.29) is 36.1 Å². The number of aliphatic hydroxyl groups excluding tert-OH is 1. The van der Waals surface area contributed by atoms with Gasteiger partial charge in [0.05, 0.1) is 11.9 Å². The molecule has 3 rings (SSSR count). The zero-order chi connectivity index (χ0) is 27.3. The summed E-state index contributed by atoms with van der Waals surface area (Å²) >= 11 is 1.45. The number of aryl methyl sites for hydroxylation is 1. The van der Waals surface area contributed by atoms with Crippen molar-refractivity contribution in [2.45, 2.75) is 57.1 Å². The topological polar surface area (TPSA) is 119 Å². The fraction of sp³-hybridized carbons (Fsp3) is 0.393. The first-order valence-corrected chi connectivity index (χ1v) is 13.1. The Morgan fingerprint density at radius 1 is 1.19 bits per heavy atom. The first-order valence-electron chi connectivity index (χ1n) is 12.1. The maximum Gasteiger partial charge on any atom is 0.254 e. The number of nitrogens with one attached hydrogen (secondary N) is 2. The Morgan fingerprint density at radius 2 is 1.86 bits per heavy atom. The molecule has 0 radical (unpaired) electrons. The number of carbonyl (C=O) groups excluding carboxylic acids is 3. The summed E-state index contributed by atoms with van der Waals surface area (Å²) in [7, 11) is 0. The third kappa shape index (κ3) is 6.34. The van der Waals surface area contributed by atoms with Gasteiger partial charge in [0, 0.05) is 22.4 Å². The summed E-state index contributed by atoms with van der Waals surface area (Å²) in [6.07, 6.45) is 0.144. The number of phenols is 1. The Labute approximate surface area is 222 Å². The molecule has 3 amide bonds. The summed E-state index contributed by atoms with van der Waals surface area (Å²) < 4.78 is -0.574. The van der Waals surface area contributed by atoms with Gasteiger partial charge in [-0.15, -0.1) is 18.3 Å². The van der Waals surface area contributed by atoms with Crippen LogP contribution in [0.5, 0.6) is 5.75 Å². The van der Waals surface area contributed by atoms with Crippen LogP contribution in [0.1, 0.15) is 40.9 Å². The van der Waals surface area contributed by atoms with Crippen LogP contribution < -0.4 is 10.6 Å². The molecule has 198 valence electrons. The molecule has 1 saturated heterocycles. The average molecular weight is 526 g/mol. The molecule has 1 aliphatic heterocycles. The molecule has 1 aliphatic rings. The average Bonchev–Trinajstić information content (AvgIpc) is 3.19.